The summed E-state index contributed by atoms with van der Waals surface area (Å²) in [6.45, 7) is 5.85. The van der Waals surface area contributed by atoms with Gasteiger partial charge in [-0.2, -0.15) is 0 Å². The molecule has 2 N–H and O–H groups in total. The lowest BCUT2D eigenvalue weighted by Crippen LogP contribution is -2.20. The Morgan fingerprint density at radius 1 is 1.28 bits per heavy atom. The number of carbonyl (C=O) groups excluding carboxylic acids is 1. The molecule has 0 aromatic carbocycles. The van der Waals surface area contributed by atoms with Crippen LogP contribution in [0, 0.1) is 5.41 Å². The Hall–Kier alpha value is -0.830. The minimum atomic E-state index is -0.348. The summed E-state index contributed by atoms with van der Waals surface area (Å²) in [5, 5.41) is 0.704. The van der Waals surface area contributed by atoms with Crippen molar-refractivity contribution in [2.45, 2.75) is 58.8 Å². The average molecular weight is 265 g/mol. The van der Waals surface area contributed by atoms with Crippen LogP contribution in [0.15, 0.2) is 6.07 Å². The molecule has 1 saturated carbocycles. The number of nitrogens with two attached hydrogens (primary N) is 1. The van der Waals surface area contributed by atoms with Crippen LogP contribution in [0.3, 0.4) is 0 Å². The van der Waals surface area contributed by atoms with E-state index in [1.165, 1.54) is 37.0 Å². The van der Waals surface area contributed by atoms with E-state index >= 15 is 0 Å². The van der Waals surface area contributed by atoms with Crippen LogP contribution in [-0.2, 0) is 0 Å². The summed E-state index contributed by atoms with van der Waals surface area (Å²) in [5.41, 5.74) is 6.44. The van der Waals surface area contributed by atoms with Crippen molar-refractivity contribution in [1.82, 2.24) is 0 Å². The van der Waals surface area contributed by atoms with Crippen molar-refractivity contribution in [1.29, 1.82) is 0 Å². The summed E-state index contributed by atoms with van der Waals surface area (Å²) in [6, 6.07) is 2.06. The van der Waals surface area contributed by atoms with Crippen molar-refractivity contribution in [3.8, 4) is 0 Å². The molecule has 1 aromatic rings. The lowest BCUT2D eigenvalue weighted by Gasteiger charge is -2.20. The van der Waals surface area contributed by atoms with Crippen LogP contribution in [-0.4, -0.2) is 5.78 Å². The molecule has 0 spiro atoms. The second-order valence-electron chi connectivity index (χ2n) is 6.34. The Balaban J connectivity index is 2.24. The maximum atomic E-state index is 12.3. The molecule has 0 bridgehead atoms. The van der Waals surface area contributed by atoms with Gasteiger partial charge in [-0.1, -0.05) is 40.0 Å². The maximum Gasteiger partial charge on any atom is 0.171 e. The zero-order valence-electron chi connectivity index (χ0n) is 11.6. The zero-order valence-corrected chi connectivity index (χ0v) is 12.4. The number of hydrogen-bond acceptors (Lipinski definition) is 3. The highest BCUT2D eigenvalue weighted by Crippen LogP contribution is 2.40. The Morgan fingerprint density at radius 3 is 2.44 bits per heavy atom. The van der Waals surface area contributed by atoms with Gasteiger partial charge in [-0.25, -0.2) is 0 Å². The molecule has 1 aliphatic rings. The molecular weight excluding hydrogens is 242 g/mol. The quantitative estimate of drug-likeness (QED) is 0.794. The van der Waals surface area contributed by atoms with Crippen LogP contribution >= 0.6 is 11.3 Å². The first kappa shape index (κ1) is 13.6. The summed E-state index contributed by atoms with van der Waals surface area (Å²) in [6.07, 6.45) is 6.48. The number of nitrogen functional groups attached to an aromatic ring is 1. The fraction of sp³-hybridized carbons (Fsp3) is 0.667. The van der Waals surface area contributed by atoms with Crippen molar-refractivity contribution in [3.63, 3.8) is 0 Å². The summed E-state index contributed by atoms with van der Waals surface area (Å²) < 4.78 is 0. The average Bonchev–Trinajstić information content (AvgIpc) is 2.70. The number of Topliss-reactive ketones (excluding diaryl/α,β-unsaturated/α-hetero) is 1. The predicted molar refractivity (Wildman–Crippen MR) is 78.3 cm³/mol. The van der Waals surface area contributed by atoms with E-state index in [-0.39, 0.29) is 11.2 Å². The van der Waals surface area contributed by atoms with E-state index in [4.69, 9.17) is 5.73 Å². The molecule has 0 amide bonds. The fourth-order valence-electron chi connectivity index (χ4n) is 2.59. The van der Waals surface area contributed by atoms with Crippen LogP contribution in [0.5, 0.6) is 0 Å². The van der Waals surface area contributed by atoms with Crippen molar-refractivity contribution in [2.75, 3.05) is 5.73 Å². The molecule has 0 radical (unpaired) electrons. The highest BCUT2D eigenvalue weighted by atomic mass is 32.1. The number of ketones is 1. The van der Waals surface area contributed by atoms with Crippen molar-refractivity contribution in [3.05, 3.63) is 16.5 Å². The summed E-state index contributed by atoms with van der Waals surface area (Å²) >= 11 is 1.62. The van der Waals surface area contributed by atoms with E-state index in [9.17, 15) is 4.79 Å². The van der Waals surface area contributed by atoms with E-state index in [2.05, 4.69) is 6.07 Å². The number of carbonyl (C=O) groups is 1. The molecule has 0 atom stereocenters. The van der Waals surface area contributed by atoms with Crippen molar-refractivity contribution in [2.24, 2.45) is 5.41 Å². The van der Waals surface area contributed by atoms with E-state index in [1.807, 2.05) is 20.8 Å². The molecule has 3 heteroatoms. The molecule has 2 nitrogen and oxygen atoms in total. The summed E-state index contributed by atoms with van der Waals surface area (Å²) in [7, 11) is 0. The SMILES string of the molecule is CC(C)(C)C(=O)c1cc(C2CCCCC2)sc1N. The van der Waals surface area contributed by atoms with Gasteiger partial charge in [0.15, 0.2) is 5.78 Å². The monoisotopic (exact) mass is 265 g/mol. The van der Waals surface area contributed by atoms with Crippen LogP contribution in [0.4, 0.5) is 5.00 Å². The molecule has 100 valence electrons. The van der Waals surface area contributed by atoms with E-state index in [0.29, 0.717) is 10.9 Å². The molecule has 0 saturated heterocycles. The lowest BCUT2D eigenvalue weighted by molar-refractivity contribution is 0.0859. The van der Waals surface area contributed by atoms with Crippen LogP contribution < -0.4 is 5.73 Å². The third kappa shape index (κ3) is 2.77. The van der Waals surface area contributed by atoms with Gasteiger partial charge < -0.3 is 5.73 Å². The Morgan fingerprint density at radius 2 is 1.89 bits per heavy atom. The first-order valence-electron chi connectivity index (χ1n) is 6.83. The van der Waals surface area contributed by atoms with Gasteiger partial charge in [0.25, 0.3) is 0 Å². The van der Waals surface area contributed by atoms with E-state index in [0.717, 1.165) is 5.56 Å². The molecule has 1 fully saturated rings. The molecular formula is C15H23NOS. The van der Waals surface area contributed by atoms with Gasteiger partial charge in [0, 0.05) is 10.3 Å². The van der Waals surface area contributed by atoms with Crippen LogP contribution in [0.1, 0.15) is 74.0 Å². The second-order valence-corrected chi connectivity index (χ2v) is 7.46. The van der Waals surface area contributed by atoms with Crippen molar-refractivity contribution < 1.29 is 4.79 Å². The lowest BCUT2D eigenvalue weighted by atomic mass is 9.85. The van der Waals surface area contributed by atoms with Crippen molar-refractivity contribution >= 4 is 22.1 Å². The van der Waals surface area contributed by atoms with Gasteiger partial charge in [0.2, 0.25) is 0 Å². The topological polar surface area (TPSA) is 43.1 Å². The first-order chi connectivity index (χ1) is 8.39. The molecule has 1 heterocycles. The molecule has 0 unspecified atom stereocenters. The third-order valence-corrected chi connectivity index (χ3v) is 4.84. The first-order valence-corrected chi connectivity index (χ1v) is 7.65. The molecule has 1 aromatic heterocycles. The zero-order chi connectivity index (χ0) is 13.3. The Kier molecular flexibility index (Phi) is 3.81. The largest absolute Gasteiger partial charge is 0.390 e. The Bertz CT molecular complexity index is 436. The van der Waals surface area contributed by atoms with Gasteiger partial charge in [0.05, 0.1) is 10.6 Å². The third-order valence-electron chi connectivity index (χ3n) is 3.71. The molecule has 0 aliphatic heterocycles. The standard InChI is InChI=1S/C15H23NOS/c1-15(2,3)13(17)11-9-12(18-14(11)16)10-7-5-4-6-8-10/h9-10H,4-8,16H2,1-3H3. The summed E-state index contributed by atoms with van der Waals surface area (Å²) in [4.78, 5) is 13.6. The predicted octanol–water partition coefficient (Wildman–Crippen LogP) is 4.61. The van der Waals surface area contributed by atoms with Gasteiger partial charge in [0.1, 0.15) is 0 Å². The highest BCUT2D eigenvalue weighted by Gasteiger charge is 2.28. The highest BCUT2D eigenvalue weighted by molar-refractivity contribution is 7.16. The smallest absolute Gasteiger partial charge is 0.171 e. The minimum Gasteiger partial charge on any atom is -0.390 e. The minimum absolute atomic E-state index is 0.165. The molecule has 1 aliphatic carbocycles. The maximum absolute atomic E-state index is 12.3. The van der Waals surface area contributed by atoms with Gasteiger partial charge >= 0.3 is 0 Å². The van der Waals surface area contributed by atoms with Gasteiger partial charge in [-0.3, -0.25) is 4.79 Å². The van der Waals surface area contributed by atoms with E-state index in [1.54, 1.807) is 11.3 Å². The number of rotatable bonds is 2. The molecule has 18 heavy (non-hydrogen) atoms. The van der Waals surface area contributed by atoms with Crippen LogP contribution in [0.25, 0.3) is 0 Å². The normalized spacial score (nSPS) is 17.9. The van der Waals surface area contributed by atoms with Crippen LogP contribution in [0.2, 0.25) is 0 Å². The number of anilines is 1. The van der Waals surface area contributed by atoms with Gasteiger partial charge in [-0.05, 0) is 24.8 Å². The van der Waals surface area contributed by atoms with E-state index < -0.39 is 0 Å². The second kappa shape index (κ2) is 5.04. The Labute approximate surface area is 114 Å². The fourth-order valence-corrected chi connectivity index (χ4v) is 3.69. The van der Waals surface area contributed by atoms with Gasteiger partial charge in [-0.15, -0.1) is 11.3 Å². The number of thiophene rings is 1. The summed E-state index contributed by atoms with van der Waals surface area (Å²) in [5.74, 6) is 0.797. The number of hydrogen-bond donors (Lipinski definition) is 1. The molecule has 2 rings (SSSR count).